The van der Waals surface area contributed by atoms with Crippen LogP contribution in [0, 0.1) is 0 Å². The van der Waals surface area contributed by atoms with Crippen molar-refractivity contribution in [1.82, 2.24) is 5.32 Å². The number of aromatic carboxylic acids is 1. The molecule has 25 heavy (non-hydrogen) atoms. The van der Waals surface area contributed by atoms with Gasteiger partial charge in [0.1, 0.15) is 5.60 Å². The Morgan fingerprint density at radius 3 is 2.24 bits per heavy atom. The highest BCUT2D eigenvalue weighted by molar-refractivity contribution is 7.91. The summed E-state index contributed by atoms with van der Waals surface area (Å²) in [6, 6.07) is 4.56. The Morgan fingerprint density at radius 1 is 1.24 bits per heavy atom. The fraction of sp³-hybridized carbons (Fsp3) is 0.375. The van der Waals surface area contributed by atoms with Crippen LogP contribution in [0.15, 0.2) is 41.1 Å². The lowest BCUT2D eigenvalue weighted by atomic mass is 10.2. The average molecular weight is 373 g/mol. The zero-order valence-corrected chi connectivity index (χ0v) is 14.9. The van der Waals surface area contributed by atoms with Gasteiger partial charge in [-0.05, 0) is 50.6 Å². The minimum Gasteiger partial charge on any atom is -0.478 e. The van der Waals surface area contributed by atoms with Crippen LogP contribution in [0.1, 0.15) is 31.1 Å². The van der Waals surface area contributed by atoms with Crippen LogP contribution in [0.3, 0.4) is 0 Å². The molecule has 1 aromatic carbocycles. The van der Waals surface area contributed by atoms with Crippen LogP contribution < -0.4 is 5.32 Å². The number of nitrogens with one attached hydrogen (secondary N) is 1. The van der Waals surface area contributed by atoms with Crippen LogP contribution in [0.2, 0.25) is 0 Å². The van der Waals surface area contributed by atoms with Gasteiger partial charge < -0.3 is 15.2 Å². The lowest BCUT2D eigenvalue weighted by Gasteiger charge is -2.20. The Balaban J connectivity index is 2.76. The van der Waals surface area contributed by atoms with Crippen molar-refractivity contribution in [3.63, 3.8) is 0 Å². The van der Waals surface area contributed by atoms with Gasteiger partial charge in [0.15, 0.2) is 9.84 Å². The van der Waals surface area contributed by atoms with Gasteiger partial charge in [0.25, 0.3) is 0 Å². The highest BCUT2D eigenvalue weighted by atomic mass is 32.2. The van der Waals surface area contributed by atoms with E-state index in [9.17, 15) is 22.4 Å². The largest absolute Gasteiger partial charge is 0.478 e. The van der Waals surface area contributed by atoms with Crippen LogP contribution in [0.4, 0.5) is 9.18 Å². The topological polar surface area (TPSA) is 110 Å². The molecule has 1 rings (SSSR count). The second-order valence-electron chi connectivity index (χ2n) is 6.21. The van der Waals surface area contributed by atoms with Gasteiger partial charge in [-0.25, -0.2) is 22.4 Å². The molecule has 0 aromatic heterocycles. The van der Waals surface area contributed by atoms with Gasteiger partial charge >= 0.3 is 12.1 Å². The van der Waals surface area contributed by atoms with Crippen molar-refractivity contribution in [2.45, 2.75) is 31.3 Å². The first-order valence-electron chi connectivity index (χ1n) is 7.26. The molecule has 0 saturated carbocycles. The third-order valence-corrected chi connectivity index (χ3v) is 4.59. The number of amides is 1. The number of ether oxygens (including phenoxy) is 1. The van der Waals surface area contributed by atoms with Gasteiger partial charge in [-0.15, -0.1) is 0 Å². The number of benzene rings is 1. The molecule has 0 aliphatic rings. The number of sulfone groups is 1. The minimum absolute atomic E-state index is 0.0631. The number of carbonyl (C=O) groups excluding carboxylic acids is 1. The molecule has 0 aliphatic heterocycles. The van der Waals surface area contributed by atoms with Crippen molar-refractivity contribution < 1.29 is 32.2 Å². The molecule has 1 amide bonds. The molecule has 0 saturated heterocycles. The monoisotopic (exact) mass is 373 g/mol. The van der Waals surface area contributed by atoms with E-state index >= 15 is 0 Å². The summed E-state index contributed by atoms with van der Waals surface area (Å²) in [5.74, 6) is -1.85. The Hall–Kier alpha value is -2.42. The zero-order valence-electron chi connectivity index (χ0n) is 14.1. The molecule has 0 unspecified atom stereocenters. The molecule has 1 aromatic rings. The quantitative estimate of drug-likeness (QED) is 0.793. The maximum atomic E-state index is 13.0. The molecule has 0 atom stereocenters. The number of alkyl carbamates (subject to hydrolysis) is 1. The molecule has 0 fully saturated rings. The lowest BCUT2D eigenvalue weighted by molar-refractivity contribution is 0.0532. The Kier molecular flexibility index (Phi) is 6.69. The summed E-state index contributed by atoms with van der Waals surface area (Å²) in [6.45, 7) is 4.63. The molecule has 2 N–H and O–H groups in total. The Labute approximate surface area is 145 Å². The third kappa shape index (κ3) is 6.92. The zero-order chi connectivity index (χ0) is 19.3. The van der Waals surface area contributed by atoms with Crippen LogP contribution in [-0.4, -0.2) is 43.5 Å². The van der Waals surface area contributed by atoms with Crippen molar-refractivity contribution in [2.75, 3.05) is 12.3 Å². The van der Waals surface area contributed by atoms with E-state index in [2.05, 4.69) is 5.32 Å². The van der Waals surface area contributed by atoms with E-state index in [1.807, 2.05) is 0 Å². The normalized spacial score (nSPS) is 12.6. The van der Waals surface area contributed by atoms with E-state index in [-0.39, 0.29) is 28.9 Å². The first-order chi connectivity index (χ1) is 11.4. The molecule has 0 spiro atoms. The summed E-state index contributed by atoms with van der Waals surface area (Å²) in [7, 11) is -3.89. The Morgan fingerprint density at radius 2 is 1.80 bits per heavy atom. The van der Waals surface area contributed by atoms with Crippen molar-refractivity contribution >= 4 is 21.9 Å². The molecule has 0 radical (unpaired) electrons. The molecule has 9 heteroatoms. The first kappa shape index (κ1) is 20.6. The van der Waals surface area contributed by atoms with Gasteiger partial charge in [0, 0.05) is 6.54 Å². The van der Waals surface area contributed by atoms with Gasteiger partial charge in [0.2, 0.25) is 0 Å². The van der Waals surface area contributed by atoms with E-state index < -0.39 is 33.3 Å². The number of halogens is 1. The minimum atomic E-state index is -3.89. The van der Waals surface area contributed by atoms with Crippen molar-refractivity contribution in [3.05, 3.63) is 41.7 Å². The lowest BCUT2D eigenvalue weighted by Crippen LogP contribution is -2.34. The summed E-state index contributed by atoms with van der Waals surface area (Å²) in [4.78, 5) is 22.2. The summed E-state index contributed by atoms with van der Waals surface area (Å²) >= 11 is 0. The molecule has 7 nitrogen and oxygen atoms in total. The predicted octanol–water partition coefficient (Wildman–Crippen LogP) is 2.54. The summed E-state index contributed by atoms with van der Waals surface area (Å²) < 4.78 is 42.5. The predicted molar refractivity (Wildman–Crippen MR) is 88.9 cm³/mol. The van der Waals surface area contributed by atoms with Crippen molar-refractivity contribution in [3.8, 4) is 0 Å². The maximum Gasteiger partial charge on any atom is 0.407 e. The molecule has 138 valence electrons. The fourth-order valence-corrected chi connectivity index (χ4v) is 3.12. The van der Waals surface area contributed by atoms with Crippen molar-refractivity contribution in [2.24, 2.45) is 0 Å². The fourth-order valence-electron chi connectivity index (χ4n) is 1.75. The number of rotatable bonds is 6. The average Bonchev–Trinajstić information content (AvgIpc) is 2.49. The standard InChI is InChI=1S/C16H20FNO6S/c1-16(2,3)24-15(21)18-9-11(8-17)10-25(22,23)13-6-4-12(5-7-13)14(19)20/h4-8H,9-10H2,1-3H3,(H,18,21)(H,19,20). The smallest absolute Gasteiger partial charge is 0.407 e. The first-order valence-corrected chi connectivity index (χ1v) is 8.91. The van der Waals surface area contributed by atoms with Crippen molar-refractivity contribution in [1.29, 1.82) is 0 Å². The molecule has 0 bridgehead atoms. The number of hydrogen-bond donors (Lipinski definition) is 2. The van der Waals surface area contributed by atoms with E-state index in [0.29, 0.717) is 0 Å². The van der Waals surface area contributed by atoms with Gasteiger partial charge in [-0.2, -0.15) is 0 Å². The van der Waals surface area contributed by atoms with Gasteiger partial charge in [-0.3, -0.25) is 0 Å². The molecular weight excluding hydrogens is 353 g/mol. The second kappa shape index (κ2) is 8.11. The van der Waals surface area contributed by atoms with Crippen LogP contribution in [0.5, 0.6) is 0 Å². The molecule has 0 aliphatic carbocycles. The van der Waals surface area contributed by atoms with E-state index in [1.54, 1.807) is 20.8 Å². The summed E-state index contributed by atoms with van der Waals surface area (Å²) in [6.07, 6.45) is -0.685. The Bertz CT molecular complexity index is 763. The summed E-state index contributed by atoms with van der Waals surface area (Å²) in [5, 5.41) is 11.1. The summed E-state index contributed by atoms with van der Waals surface area (Å²) in [5.41, 5.74) is -0.971. The van der Waals surface area contributed by atoms with Crippen LogP contribution in [-0.2, 0) is 14.6 Å². The van der Waals surface area contributed by atoms with Crippen LogP contribution in [0.25, 0.3) is 0 Å². The number of carbonyl (C=O) groups is 2. The highest BCUT2D eigenvalue weighted by Crippen LogP contribution is 2.15. The van der Waals surface area contributed by atoms with Gasteiger partial charge in [-0.1, -0.05) is 0 Å². The third-order valence-electron chi connectivity index (χ3n) is 2.85. The van der Waals surface area contributed by atoms with Crippen LogP contribution >= 0.6 is 0 Å². The second-order valence-corrected chi connectivity index (χ2v) is 8.20. The van der Waals surface area contributed by atoms with E-state index in [4.69, 9.17) is 9.84 Å². The SMILES string of the molecule is CC(C)(C)OC(=O)NCC(=CF)CS(=O)(=O)c1ccc(C(=O)O)cc1. The number of hydrogen-bond acceptors (Lipinski definition) is 5. The van der Waals surface area contributed by atoms with E-state index in [0.717, 1.165) is 24.3 Å². The number of carboxylic acid groups (broad SMARTS) is 1. The molecule has 0 heterocycles. The molecular formula is C16H20FNO6S. The van der Waals surface area contributed by atoms with E-state index in [1.165, 1.54) is 0 Å². The number of carboxylic acids is 1. The van der Waals surface area contributed by atoms with Gasteiger partial charge in [0.05, 0.1) is 22.5 Å². The highest BCUT2D eigenvalue weighted by Gasteiger charge is 2.20. The maximum absolute atomic E-state index is 13.0.